The summed E-state index contributed by atoms with van der Waals surface area (Å²) in [5.41, 5.74) is 0. The molecule has 0 aliphatic heterocycles. The van der Waals surface area contributed by atoms with Crippen molar-refractivity contribution in [1.29, 1.82) is 0 Å². The molecule has 0 radical (unpaired) electrons. The number of nitro groups is 1. The molecule has 0 bridgehead atoms. The summed E-state index contributed by atoms with van der Waals surface area (Å²) in [7, 11) is 1.49. The van der Waals surface area contributed by atoms with Crippen molar-refractivity contribution in [2.75, 3.05) is 7.11 Å². The van der Waals surface area contributed by atoms with Gasteiger partial charge in [-0.15, -0.1) is 0 Å². The summed E-state index contributed by atoms with van der Waals surface area (Å²) in [4.78, 5) is 9.51. The SMILES string of the molecule is CC.COCc1ccc([N+](=O)[O-])o1. The van der Waals surface area contributed by atoms with Gasteiger partial charge >= 0.3 is 5.88 Å². The molecule has 0 aromatic carbocycles. The number of hydrogen-bond donors (Lipinski definition) is 0. The molecule has 0 spiro atoms. The zero-order valence-electron chi connectivity index (χ0n) is 7.94. The minimum atomic E-state index is -0.584. The third kappa shape index (κ3) is 3.71. The molecule has 1 rings (SSSR count). The highest BCUT2D eigenvalue weighted by molar-refractivity contribution is 5.17. The van der Waals surface area contributed by atoms with Crippen molar-refractivity contribution in [2.45, 2.75) is 20.5 Å². The average Bonchev–Trinajstić information content (AvgIpc) is 2.57. The van der Waals surface area contributed by atoms with Crippen LogP contribution in [-0.4, -0.2) is 12.0 Å². The van der Waals surface area contributed by atoms with Crippen LogP contribution in [0, 0.1) is 10.1 Å². The molecule has 0 saturated heterocycles. The van der Waals surface area contributed by atoms with Crippen LogP contribution in [0.4, 0.5) is 5.88 Å². The Morgan fingerprint density at radius 3 is 2.54 bits per heavy atom. The summed E-state index contributed by atoms with van der Waals surface area (Å²) in [5.74, 6) is 0.205. The minimum Gasteiger partial charge on any atom is -0.403 e. The Hall–Kier alpha value is -1.36. The van der Waals surface area contributed by atoms with E-state index < -0.39 is 4.92 Å². The van der Waals surface area contributed by atoms with Gasteiger partial charge in [-0.25, -0.2) is 0 Å². The van der Waals surface area contributed by atoms with Crippen LogP contribution in [0.2, 0.25) is 0 Å². The van der Waals surface area contributed by atoms with Gasteiger partial charge in [-0.05, 0) is 6.07 Å². The maximum atomic E-state index is 10.1. The van der Waals surface area contributed by atoms with E-state index in [2.05, 4.69) is 0 Å². The number of furan rings is 1. The normalized spacial score (nSPS) is 8.85. The van der Waals surface area contributed by atoms with Crippen molar-refractivity contribution in [2.24, 2.45) is 0 Å². The highest BCUT2D eigenvalue weighted by Crippen LogP contribution is 2.15. The van der Waals surface area contributed by atoms with Crippen molar-refractivity contribution in [1.82, 2.24) is 0 Å². The first-order valence-corrected chi connectivity index (χ1v) is 3.96. The quantitative estimate of drug-likeness (QED) is 0.538. The number of nitrogens with zero attached hydrogens (tertiary/aromatic N) is 1. The molecular formula is C8H13NO4. The van der Waals surface area contributed by atoms with Crippen molar-refractivity contribution >= 4 is 5.88 Å². The van der Waals surface area contributed by atoms with E-state index >= 15 is 0 Å². The van der Waals surface area contributed by atoms with Gasteiger partial charge < -0.3 is 9.15 Å². The van der Waals surface area contributed by atoms with Gasteiger partial charge in [-0.1, -0.05) is 13.8 Å². The third-order valence-corrected chi connectivity index (χ3v) is 1.11. The summed E-state index contributed by atoms with van der Waals surface area (Å²) in [6.45, 7) is 4.26. The Morgan fingerprint density at radius 1 is 1.54 bits per heavy atom. The number of rotatable bonds is 3. The van der Waals surface area contributed by atoms with Crippen LogP contribution in [0.1, 0.15) is 19.6 Å². The average molecular weight is 187 g/mol. The second-order valence-corrected chi connectivity index (χ2v) is 1.93. The molecule has 74 valence electrons. The lowest BCUT2D eigenvalue weighted by molar-refractivity contribution is -0.402. The monoisotopic (exact) mass is 187 g/mol. The largest absolute Gasteiger partial charge is 0.433 e. The molecule has 0 saturated carbocycles. The smallest absolute Gasteiger partial charge is 0.403 e. The maximum absolute atomic E-state index is 10.1. The first-order chi connectivity index (χ1) is 6.24. The summed E-state index contributed by atoms with van der Waals surface area (Å²) < 4.78 is 9.47. The Morgan fingerprint density at radius 2 is 2.15 bits per heavy atom. The Labute approximate surface area is 76.5 Å². The molecule has 13 heavy (non-hydrogen) atoms. The summed E-state index contributed by atoms with van der Waals surface area (Å²) in [6.07, 6.45) is 0. The van der Waals surface area contributed by atoms with Crippen LogP contribution in [-0.2, 0) is 11.3 Å². The van der Waals surface area contributed by atoms with Gasteiger partial charge in [-0.3, -0.25) is 10.1 Å². The lowest BCUT2D eigenvalue weighted by atomic mass is 10.5. The first kappa shape index (κ1) is 11.6. The molecule has 0 atom stereocenters. The molecule has 5 heteroatoms. The lowest BCUT2D eigenvalue weighted by Crippen LogP contribution is -1.84. The van der Waals surface area contributed by atoms with E-state index in [-0.39, 0.29) is 12.5 Å². The van der Waals surface area contributed by atoms with Gasteiger partial charge in [-0.2, -0.15) is 0 Å². The van der Waals surface area contributed by atoms with Crippen molar-refractivity contribution in [3.05, 3.63) is 28.0 Å². The van der Waals surface area contributed by atoms with Gasteiger partial charge in [0.25, 0.3) is 0 Å². The molecule has 1 heterocycles. The fourth-order valence-electron chi connectivity index (χ4n) is 0.685. The standard InChI is InChI=1S/C6H7NO4.C2H6/c1-10-4-5-2-3-6(11-5)7(8)9;1-2/h2-3H,4H2,1H3;1-2H3. The topological polar surface area (TPSA) is 65.5 Å². The van der Waals surface area contributed by atoms with Crippen LogP contribution >= 0.6 is 0 Å². The molecule has 5 nitrogen and oxygen atoms in total. The van der Waals surface area contributed by atoms with Gasteiger partial charge in [0.1, 0.15) is 17.3 Å². The van der Waals surface area contributed by atoms with Gasteiger partial charge in [0.2, 0.25) is 0 Å². The van der Waals surface area contributed by atoms with Crippen LogP contribution in [0.5, 0.6) is 0 Å². The van der Waals surface area contributed by atoms with Crippen LogP contribution < -0.4 is 0 Å². The number of ether oxygens (including phenoxy) is 1. The highest BCUT2D eigenvalue weighted by Gasteiger charge is 2.10. The molecule has 1 aromatic heterocycles. The van der Waals surface area contributed by atoms with E-state index in [4.69, 9.17) is 9.15 Å². The van der Waals surface area contributed by atoms with Crippen LogP contribution in [0.25, 0.3) is 0 Å². The van der Waals surface area contributed by atoms with E-state index in [1.807, 2.05) is 13.8 Å². The predicted octanol–water partition coefficient (Wildman–Crippen LogP) is 2.36. The number of methoxy groups -OCH3 is 1. The van der Waals surface area contributed by atoms with E-state index in [9.17, 15) is 10.1 Å². The van der Waals surface area contributed by atoms with E-state index in [0.717, 1.165) is 0 Å². The van der Waals surface area contributed by atoms with Crippen LogP contribution in [0.15, 0.2) is 16.5 Å². The third-order valence-electron chi connectivity index (χ3n) is 1.11. The Bertz CT molecular complexity index is 256. The fraction of sp³-hybridized carbons (Fsp3) is 0.500. The predicted molar refractivity (Wildman–Crippen MR) is 47.4 cm³/mol. The molecule has 0 N–H and O–H groups in total. The van der Waals surface area contributed by atoms with Crippen LogP contribution in [0.3, 0.4) is 0 Å². The Kier molecular flexibility index (Phi) is 5.54. The molecule has 0 amide bonds. The number of hydrogen-bond acceptors (Lipinski definition) is 4. The maximum Gasteiger partial charge on any atom is 0.433 e. The van der Waals surface area contributed by atoms with Gasteiger partial charge in [0.05, 0.1) is 6.07 Å². The van der Waals surface area contributed by atoms with E-state index in [1.165, 1.54) is 19.2 Å². The van der Waals surface area contributed by atoms with Crippen molar-refractivity contribution in [3.8, 4) is 0 Å². The molecule has 0 unspecified atom stereocenters. The summed E-state index contributed by atoms with van der Waals surface area (Å²) in [5, 5.41) is 10.1. The summed E-state index contributed by atoms with van der Waals surface area (Å²) >= 11 is 0. The van der Waals surface area contributed by atoms with Crippen molar-refractivity contribution in [3.63, 3.8) is 0 Å². The molecule has 0 fully saturated rings. The molecule has 0 aliphatic carbocycles. The first-order valence-electron chi connectivity index (χ1n) is 3.96. The zero-order chi connectivity index (χ0) is 10.3. The fourth-order valence-corrected chi connectivity index (χ4v) is 0.685. The highest BCUT2D eigenvalue weighted by atomic mass is 16.6. The minimum absolute atomic E-state index is 0.253. The van der Waals surface area contributed by atoms with Crippen molar-refractivity contribution < 1.29 is 14.1 Å². The Balaban J connectivity index is 0.000000671. The summed E-state index contributed by atoms with van der Waals surface area (Å²) in [6, 6.07) is 2.82. The second-order valence-electron chi connectivity index (χ2n) is 1.93. The lowest BCUT2D eigenvalue weighted by Gasteiger charge is -1.89. The zero-order valence-corrected chi connectivity index (χ0v) is 7.94. The van der Waals surface area contributed by atoms with E-state index in [1.54, 1.807) is 0 Å². The van der Waals surface area contributed by atoms with Gasteiger partial charge in [0.15, 0.2) is 0 Å². The van der Waals surface area contributed by atoms with E-state index in [0.29, 0.717) is 5.76 Å². The van der Waals surface area contributed by atoms with Gasteiger partial charge in [0, 0.05) is 7.11 Å². The second kappa shape index (κ2) is 6.19. The molecule has 0 aliphatic rings. The molecule has 1 aromatic rings. The molecular weight excluding hydrogens is 174 g/mol.